The van der Waals surface area contributed by atoms with Crippen molar-refractivity contribution in [2.24, 2.45) is 5.92 Å². The van der Waals surface area contributed by atoms with E-state index in [0.29, 0.717) is 30.3 Å². The number of carbonyl (C=O) groups excluding carboxylic acids is 4. The first-order valence-electron chi connectivity index (χ1n) is 10.9. The molecule has 0 aliphatic carbocycles. The summed E-state index contributed by atoms with van der Waals surface area (Å²) >= 11 is 5.84. The van der Waals surface area contributed by atoms with E-state index < -0.39 is 42.1 Å². The predicted octanol–water partition coefficient (Wildman–Crippen LogP) is 4.46. The fourth-order valence-electron chi connectivity index (χ4n) is 3.41. The fourth-order valence-corrected chi connectivity index (χ4v) is 3.57. The van der Waals surface area contributed by atoms with Gasteiger partial charge in [-0.25, -0.2) is 4.79 Å². The zero-order valence-electron chi connectivity index (χ0n) is 19.1. The minimum atomic E-state index is -4.63. The number of nitrogens with zero attached hydrogens (tertiary/aromatic N) is 1. The quantitative estimate of drug-likeness (QED) is 0.510. The van der Waals surface area contributed by atoms with Crippen molar-refractivity contribution < 1.29 is 41.8 Å². The van der Waals surface area contributed by atoms with E-state index in [0.717, 1.165) is 12.1 Å². The van der Waals surface area contributed by atoms with Gasteiger partial charge in [-0.2, -0.15) is 13.2 Å². The number of esters is 2. The summed E-state index contributed by atoms with van der Waals surface area (Å²) in [6, 6.07) is 8.56. The number of carbonyl (C=O) groups is 4. The van der Waals surface area contributed by atoms with Gasteiger partial charge in [-0.15, -0.1) is 0 Å². The van der Waals surface area contributed by atoms with Gasteiger partial charge in [0.25, 0.3) is 5.91 Å². The van der Waals surface area contributed by atoms with Crippen LogP contribution in [0.3, 0.4) is 0 Å². The molecule has 0 spiro atoms. The van der Waals surface area contributed by atoms with Gasteiger partial charge in [-0.1, -0.05) is 18.5 Å². The molecule has 3 rings (SSSR count). The number of rotatable bonds is 8. The van der Waals surface area contributed by atoms with Crippen LogP contribution in [0.5, 0.6) is 0 Å². The lowest BCUT2D eigenvalue weighted by Crippen LogP contribution is -2.28. The fraction of sp³-hybridized carbons (Fsp3) is 0.333. The first kappa shape index (κ1) is 27.0. The van der Waals surface area contributed by atoms with E-state index in [-0.39, 0.29) is 29.6 Å². The van der Waals surface area contributed by atoms with Crippen molar-refractivity contribution in [2.75, 3.05) is 30.0 Å². The lowest BCUT2D eigenvalue weighted by Gasteiger charge is -2.17. The Bertz CT molecular complexity index is 1150. The van der Waals surface area contributed by atoms with Gasteiger partial charge in [0.1, 0.15) is 0 Å². The lowest BCUT2D eigenvalue weighted by atomic mass is 10.1. The molecule has 36 heavy (non-hydrogen) atoms. The first-order valence-corrected chi connectivity index (χ1v) is 11.3. The van der Waals surface area contributed by atoms with Crippen LogP contribution in [0.2, 0.25) is 5.02 Å². The maximum Gasteiger partial charge on any atom is 0.416 e. The van der Waals surface area contributed by atoms with E-state index in [1.807, 2.05) is 6.92 Å². The summed E-state index contributed by atoms with van der Waals surface area (Å²) in [5.41, 5.74) is -0.493. The van der Waals surface area contributed by atoms with E-state index in [1.165, 1.54) is 17.0 Å². The predicted molar refractivity (Wildman–Crippen MR) is 124 cm³/mol. The SMILES string of the molecule is CCCOC(=O)c1ccc(N2C[C@@H](C(=O)OCC(=O)Nc3cc(C(F)(F)F)ccc3Cl)CC2=O)cc1. The van der Waals surface area contributed by atoms with Crippen LogP contribution in [0.4, 0.5) is 24.5 Å². The lowest BCUT2D eigenvalue weighted by molar-refractivity contribution is -0.151. The molecular weight excluding hydrogens is 505 g/mol. The van der Waals surface area contributed by atoms with Crippen LogP contribution < -0.4 is 10.2 Å². The molecule has 192 valence electrons. The second-order valence-electron chi connectivity index (χ2n) is 7.94. The van der Waals surface area contributed by atoms with Crippen LogP contribution in [0.15, 0.2) is 42.5 Å². The molecule has 1 N–H and O–H groups in total. The number of anilines is 2. The Balaban J connectivity index is 1.54. The molecule has 1 aliphatic heterocycles. The molecule has 0 aromatic heterocycles. The van der Waals surface area contributed by atoms with Gasteiger partial charge < -0.3 is 19.7 Å². The van der Waals surface area contributed by atoms with Crippen LogP contribution in [-0.4, -0.2) is 43.5 Å². The summed E-state index contributed by atoms with van der Waals surface area (Å²) in [6.45, 7) is 1.39. The smallest absolute Gasteiger partial charge is 0.416 e. The monoisotopic (exact) mass is 526 g/mol. The number of amides is 2. The summed E-state index contributed by atoms with van der Waals surface area (Å²) in [6.07, 6.45) is -4.10. The van der Waals surface area contributed by atoms with Gasteiger partial charge in [-0.05, 0) is 48.9 Å². The maximum atomic E-state index is 12.9. The summed E-state index contributed by atoms with van der Waals surface area (Å²) < 4.78 is 48.6. The van der Waals surface area contributed by atoms with E-state index in [9.17, 15) is 32.3 Å². The molecule has 0 bridgehead atoms. The zero-order valence-corrected chi connectivity index (χ0v) is 19.8. The molecule has 1 aliphatic rings. The molecule has 0 saturated carbocycles. The van der Waals surface area contributed by atoms with Gasteiger partial charge in [0, 0.05) is 18.7 Å². The molecule has 2 amide bonds. The molecule has 12 heteroatoms. The molecular formula is C24H22ClF3N2O6. The average Bonchev–Trinajstić information content (AvgIpc) is 3.23. The summed E-state index contributed by atoms with van der Waals surface area (Å²) in [5.74, 6) is -3.38. The maximum absolute atomic E-state index is 12.9. The van der Waals surface area contributed by atoms with E-state index in [2.05, 4.69) is 5.32 Å². The van der Waals surface area contributed by atoms with Crippen molar-refractivity contribution in [2.45, 2.75) is 25.9 Å². The highest BCUT2D eigenvalue weighted by atomic mass is 35.5. The molecule has 1 fully saturated rings. The van der Waals surface area contributed by atoms with Crippen molar-refractivity contribution in [3.05, 3.63) is 58.6 Å². The number of ether oxygens (including phenoxy) is 2. The highest BCUT2D eigenvalue weighted by molar-refractivity contribution is 6.33. The third-order valence-electron chi connectivity index (χ3n) is 5.22. The topological polar surface area (TPSA) is 102 Å². The molecule has 2 aromatic carbocycles. The minimum absolute atomic E-state index is 0.00162. The Hall–Kier alpha value is -3.60. The van der Waals surface area contributed by atoms with Gasteiger partial charge in [0.05, 0.1) is 34.4 Å². The minimum Gasteiger partial charge on any atom is -0.462 e. The molecule has 1 atom stereocenters. The zero-order chi connectivity index (χ0) is 26.5. The van der Waals surface area contributed by atoms with Crippen LogP contribution in [0, 0.1) is 5.92 Å². The number of benzene rings is 2. The molecule has 8 nitrogen and oxygen atoms in total. The Kier molecular flexibility index (Phi) is 8.57. The Morgan fingerprint density at radius 1 is 1.11 bits per heavy atom. The van der Waals surface area contributed by atoms with Gasteiger partial charge in [0.2, 0.25) is 5.91 Å². The van der Waals surface area contributed by atoms with Gasteiger partial charge in [0.15, 0.2) is 6.61 Å². The number of nitrogens with one attached hydrogen (secondary N) is 1. The van der Waals surface area contributed by atoms with E-state index in [4.69, 9.17) is 21.1 Å². The summed E-state index contributed by atoms with van der Waals surface area (Å²) in [5, 5.41) is 2.05. The molecule has 0 radical (unpaired) electrons. The highest BCUT2D eigenvalue weighted by Crippen LogP contribution is 2.34. The Labute approximate surface area is 209 Å². The number of alkyl halides is 3. The molecule has 0 unspecified atom stereocenters. The average molecular weight is 527 g/mol. The third-order valence-corrected chi connectivity index (χ3v) is 5.55. The van der Waals surface area contributed by atoms with Crippen molar-refractivity contribution >= 4 is 46.7 Å². The van der Waals surface area contributed by atoms with Gasteiger partial charge in [-0.3, -0.25) is 14.4 Å². The Morgan fingerprint density at radius 3 is 2.44 bits per heavy atom. The third kappa shape index (κ3) is 6.75. The number of halogens is 4. The van der Waals surface area contributed by atoms with Crippen LogP contribution in [0.1, 0.15) is 35.7 Å². The van der Waals surface area contributed by atoms with Crippen molar-refractivity contribution in [1.82, 2.24) is 0 Å². The Morgan fingerprint density at radius 2 is 1.81 bits per heavy atom. The van der Waals surface area contributed by atoms with Crippen LogP contribution in [0.25, 0.3) is 0 Å². The highest BCUT2D eigenvalue weighted by Gasteiger charge is 2.36. The summed E-state index contributed by atoms with van der Waals surface area (Å²) in [7, 11) is 0. The largest absolute Gasteiger partial charge is 0.462 e. The summed E-state index contributed by atoms with van der Waals surface area (Å²) in [4.78, 5) is 50.2. The van der Waals surface area contributed by atoms with E-state index in [1.54, 1.807) is 12.1 Å². The van der Waals surface area contributed by atoms with Crippen molar-refractivity contribution in [1.29, 1.82) is 0 Å². The van der Waals surface area contributed by atoms with E-state index >= 15 is 0 Å². The molecule has 2 aromatic rings. The molecule has 1 heterocycles. The molecule has 1 saturated heterocycles. The van der Waals surface area contributed by atoms with Gasteiger partial charge >= 0.3 is 18.1 Å². The van der Waals surface area contributed by atoms with Crippen molar-refractivity contribution in [3.63, 3.8) is 0 Å². The number of hydrogen-bond donors (Lipinski definition) is 1. The van der Waals surface area contributed by atoms with Crippen LogP contribution in [-0.2, 0) is 30.0 Å². The normalized spacial score (nSPS) is 15.5. The van der Waals surface area contributed by atoms with Crippen molar-refractivity contribution in [3.8, 4) is 0 Å². The first-order chi connectivity index (χ1) is 17.0. The number of hydrogen-bond acceptors (Lipinski definition) is 6. The van der Waals surface area contributed by atoms with Crippen LogP contribution >= 0.6 is 11.6 Å². The standard InChI is InChI=1S/C24H22ClF3N2O6/c1-2-9-35-22(33)14-3-6-17(7-4-14)30-12-15(10-21(30)32)23(34)36-13-20(31)29-19-11-16(24(26,27)28)5-8-18(19)25/h3-8,11,15H,2,9-10,12-13H2,1H3,(H,29,31)/t15-/m0/s1. The second kappa shape index (κ2) is 11.4. The second-order valence-corrected chi connectivity index (χ2v) is 8.34.